The van der Waals surface area contributed by atoms with E-state index in [0.29, 0.717) is 6.07 Å². The normalized spacial score (nSPS) is 11.2. The van der Waals surface area contributed by atoms with Crippen LogP contribution in [0.2, 0.25) is 0 Å². The summed E-state index contributed by atoms with van der Waals surface area (Å²) in [6.07, 6.45) is -5.13. The van der Waals surface area contributed by atoms with Crippen LogP contribution in [0.3, 0.4) is 0 Å². The number of ketones is 1. The lowest BCUT2D eigenvalue weighted by atomic mass is 10.0. The largest absolute Gasteiger partial charge is 0.466 e. The average Bonchev–Trinajstić information content (AvgIpc) is 2.27. The van der Waals surface area contributed by atoms with Crippen LogP contribution in [0.15, 0.2) is 22.7 Å². The number of alkyl halides is 3. The molecule has 0 N–H and O–H groups in total. The van der Waals surface area contributed by atoms with Crippen molar-refractivity contribution < 1.29 is 27.5 Å². The van der Waals surface area contributed by atoms with E-state index in [0.717, 1.165) is 6.07 Å². The molecule has 0 saturated heterocycles. The van der Waals surface area contributed by atoms with Gasteiger partial charge in [-0.15, -0.1) is 0 Å². The third-order valence-electron chi connectivity index (χ3n) is 2.16. The van der Waals surface area contributed by atoms with Gasteiger partial charge < -0.3 is 4.74 Å². The maximum atomic E-state index is 12.6. The predicted molar refractivity (Wildman–Crippen MR) is 64.7 cm³/mol. The van der Waals surface area contributed by atoms with Crippen LogP contribution in [0.25, 0.3) is 0 Å². The van der Waals surface area contributed by atoms with Gasteiger partial charge in [0, 0.05) is 10.0 Å². The van der Waals surface area contributed by atoms with Gasteiger partial charge in [0.25, 0.3) is 0 Å². The number of halogens is 4. The predicted octanol–water partition coefficient (Wildman–Crippen LogP) is 3.60. The topological polar surface area (TPSA) is 43.4 Å². The van der Waals surface area contributed by atoms with Crippen molar-refractivity contribution in [2.75, 3.05) is 6.61 Å². The number of esters is 1. The molecule has 0 heterocycles. The summed E-state index contributed by atoms with van der Waals surface area (Å²) in [7, 11) is 0. The van der Waals surface area contributed by atoms with Crippen molar-refractivity contribution >= 4 is 27.7 Å². The number of hydrogen-bond donors (Lipinski definition) is 0. The van der Waals surface area contributed by atoms with E-state index in [4.69, 9.17) is 0 Å². The van der Waals surface area contributed by atoms with Gasteiger partial charge in [-0.1, -0.05) is 15.9 Å². The molecule has 0 spiro atoms. The van der Waals surface area contributed by atoms with E-state index in [2.05, 4.69) is 20.7 Å². The minimum atomic E-state index is -4.55. The average molecular weight is 339 g/mol. The van der Waals surface area contributed by atoms with E-state index in [9.17, 15) is 22.8 Å². The molecular formula is C12H10BrF3O3. The smallest absolute Gasteiger partial charge is 0.416 e. The zero-order valence-corrected chi connectivity index (χ0v) is 11.5. The van der Waals surface area contributed by atoms with Crippen LogP contribution >= 0.6 is 15.9 Å². The monoisotopic (exact) mass is 338 g/mol. The molecule has 0 unspecified atom stereocenters. The summed E-state index contributed by atoms with van der Waals surface area (Å²) < 4.78 is 42.4. The number of carbonyl (C=O) groups excluding carboxylic acids is 2. The number of hydrogen-bond acceptors (Lipinski definition) is 3. The fourth-order valence-electron chi connectivity index (χ4n) is 1.36. The molecule has 0 atom stereocenters. The molecule has 0 aliphatic rings. The fraction of sp³-hybridized carbons (Fsp3) is 0.333. The second-order valence-electron chi connectivity index (χ2n) is 3.63. The third-order valence-corrected chi connectivity index (χ3v) is 2.62. The Morgan fingerprint density at radius 2 is 1.89 bits per heavy atom. The summed E-state index contributed by atoms with van der Waals surface area (Å²) in [6.45, 7) is 1.68. The lowest BCUT2D eigenvalue weighted by Gasteiger charge is -2.09. The Labute approximate surface area is 115 Å². The van der Waals surface area contributed by atoms with Crippen molar-refractivity contribution in [3.63, 3.8) is 0 Å². The molecule has 0 aliphatic carbocycles. The van der Waals surface area contributed by atoms with E-state index in [1.165, 1.54) is 6.07 Å². The molecule has 0 fully saturated rings. The molecule has 19 heavy (non-hydrogen) atoms. The molecule has 1 aromatic rings. The molecule has 104 valence electrons. The summed E-state index contributed by atoms with van der Waals surface area (Å²) >= 11 is 2.90. The van der Waals surface area contributed by atoms with Gasteiger partial charge in [0.15, 0.2) is 5.78 Å². The molecule has 0 amide bonds. The first kappa shape index (κ1) is 15.7. The van der Waals surface area contributed by atoms with Gasteiger partial charge in [-0.2, -0.15) is 13.2 Å². The van der Waals surface area contributed by atoms with Gasteiger partial charge in [-0.3, -0.25) is 9.59 Å². The van der Waals surface area contributed by atoms with Crippen molar-refractivity contribution in [3.8, 4) is 0 Å². The van der Waals surface area contributed by atoms with Crippen LogP contribution < -0.4 is 0 Å². The maximum Gasteiger partial charge on any atom is 0.416 e. The van der Waals surface area contributed by atoms with Crippen molar-refractivity contribution in [2.24, 2.45) is 0 Å². The molecule has 3 nitrogen and oxygen atoms in total. The lowest BCUT2D eigenvalue weighted by Crippen LogP contribution is -2.13. The third kappa shape index (κ3) is 4.66. The molecule has 7 heteroatoms. The van der Waals surface area contributed by atoms with Crippen LogP contribution in [0.1, 0.15) is 29.3 Å². The summed E-state index contributed by atoms with van der Waals surface area (Å²) in [5.74, 6) is -1.48. The molecule has 0 aromatic heterocycles. The number of Topliss-reactive ketones (excluding diaryl/α,β-unsaturated/α-hetero) is 1. The van der Waals surface area contributed by atoms with Crippen molar-refractivity contribution in [1.82, 2.24) is 0 Å². The Bertz CT molecular complexity index is 497. The van der Waals surface area contributed by atoms with Crippen molar-refractivity contribution in [2.45, 2.75) is 19.5 Å². The Balaban J connectivity index is 2.98. The highest BCUT2D eigenvalue weighted by atomic mass is 79.9. The van der Waals surface area contributed by atoms with E-state index in [-0.39, 0.29) is 16.6 Å². The van der Waals surface area contributed by atoms with Gasteiger partial charge >= 0.3 is 12.1 Å². The Morgan fingerprint density at radius 3 is 2.42 bits per heavy atom. The lowest BCUT2D eigenvalue weighted by molar-refractivity contribution is -0.142. The number of ether oxygens (including phenoxy) is 1. The Morgan fingerprint density at radius 1 is 1.26 bits per heavy atom. The zero-order chi connectivity index (χ0) is 14.6. The van der Waals surface area contributed by atoms with Crippen LogP contribution in [0.5, 0.6) is 0 Å². The second kappa shape index (κ2) is 6.18. The Kier molecular flexibility index (Phi) is 5.11. The molecule has 0 saturated carbocycles. The van der Waals surface area contributed by atoms with Gasteiger partial charge in [0.1, 0.15) is 6.42 Å². The molecular weight excluding hydrogens is 329 g/mol. The summed E-state index contributed by atoms with van der Waals surface area (Å²) in [5, 5.41) is 0. The first-order valence-electron chi connectivity index (χ1n) is 5.30. The van der Waals surface area contributed by atoms with Crippen LogP contribution in [0, 0.1) is 0 Å². The number of carbonyl (C=O) groups is 2. The van der Waals surface area contributed by atoms with E-state index >= 15 is 0 Å². The van der Waals surface area contributed by atoms with Gasteiger partial charge in [-0.05, 0) is 25.1 Å². The molecule has 0 radical (unpaired) electrons. The zero-order valence-electron chi connectivity index (χ0n) is 9.88. The molecule has 1 aromatic carbocycles. The first-order chi connectivity index (χ1) is 8.74. The first-order valence-corrected chi connectivity index (χ1v) is 6.10. The van der Waals surface area contributed by atoms with Crippen molar-refractivity contribution in [1.29, 1.82) is 0 Å². The molecule has 0 bridgehead atoms. The highest BCUT2D eigenvalue weighted by Crippen LogP contribution is 2.32. The minimum Gasteiger partial charge on any atom is -0.466 e. The summed E-state index contributed by atoms with van der Waals surface area (Å²) in [6, 6.07) is 2.81. The molecule has 0 aliphatic heterocycles. The van der Waals surface area contributed by atoms with E-state index < -0.39 is 29.9 Å². The fourth-order valence-corrected chi connectivity index (χ4v) is 1.85. The van der Waals surface area contributed by atoms with Crippen LogP contribution in [0.4, 0.5) is 13.2 Å². The molecule has 1 rings (SSSR count). The minimum absolute atomic E-state index is 0.110. The highest BCUT2D eigenvalue weighted by molar-refractivity contribution is 9.10. The SMILES string of the molecule is CCOC(=O)CC(=O)c1cc(Br)cc(C(F)(F)F)c1. The van der Waals surface area contributed by atoms with Gasteiger partial charge in [0.05, 0.1) is 12.2 Å². The van der Waals surface area contributed by atoms with Gasteiger partial charge in [0.2, 0.25) is 0 Å². The van der Waals surface area contributed by atoms with Gasteiger partial charge in [-0.25, -0.2) is 0 Å². The van der Waals surface area contributed by atoms with E-state index in [1.807, 2.05) is 0 Å². The second-order valence-corrected chi connectivity index (χ2v) is 4.55. The Hall–Kier alpha value is -1.37. The highest BCUT2D eigenvalue weighted by Gasteiger charge is 2.31. The van der Waals surface area contributed by atoms with Crippen LogP contribution in [-0.4, -0.2) is 18.4 Å². The number of rotatable bonds is 4. The number of benzene rings is 1. The van der Waals surface area contributed by atoms with E-state index in [1.54, 1.807) is 6.92 Å². The summed E-state index contributed by atoms with van der Waals surface area (Å²) in [4.78, 5) is 22.8. The van der Waals surface area contributed by atoms with Crippen LogP contribution in [-0.2, 0) is 15.7 Å². The van der Waals surface area contributed by atoms with Crippen molar-refractivity contribution in [3.05, 3.63) is 33.8 Å². The standard InChI is InChI=1S/C12H10BrF3O3/c1-2-19-11(18)6-10(17)7-3-8(12(14,15)16)5-9(13)4-7/h3-5H,2,6H2,1H3. The summed E-state index contributed by atoms with van der Waals surface area (Å²) in [5.41, 5.74) is -1.14. The maximum absolute atomic E-state index is 12.6. The quantitative estimate of drug-likeness (QED) is 0.478.